The SMILES string of the molecule is OCC1(C2CC2)CCOC1. The first-order chi connectivity index (χ1) is 4.87. The number of hydrogen-bond donors (Lipinski definition) is 1. The smallest absolute Gasteiger partial charge is 0.0547 e. The predicted molar refractivity (Wildman–Crippen MR) is 37.7 cm³/mol. The van der Waals surface area contributed by atoms with Crippen molar-refractivity contribution < 1.29 is 9.84 Å². The van der Waals surface area contributed by atoms with Gasteiger partial charge in [0.05, 0.1) is 13.2 Å². The van der Waals surface area contributed by atoms with Crippen LogP contribution in [-0.4, -0.2) is 24.9 Å². The minimum absolute atomic E-state index is 0.181. The van der Waals surface area contributed by atoms with Crippen LogP contribution in [-0.2, 0) is 4.74 Å². The maximum atomic E-state index is 9.15. The van der Waals surface area contributed by atoms with Crippen molar-refractivity contribution in [3.05, 3.63) is 0 Å². The van der Waals surface area contributed by atoms with E-state index >= 15 is 0 Å². The molecule has 1 N–H and O–H groups in total. The second-order valence-electron chi connectivity index (χ2n) is 3.60. The van der Waals surface area contributed by atoms with E-state index in [1.165, 1.54) is 12.8 Å². The molecule has 2 aliphatic rings. The molecule has 0 aromatic carbocycles. The molecule has 0 radical (unpaired) electrons. The molecule has 0 amide bonds. The Bertz CT molecular complexity index is 123. The highest BCUT2D eigenvalue weighted by Gasteiger charge is 2.47. The van der Waals surface area contributed by atoms with Crippen LogP contribution in [0.2, 0.25) is 0 Å². The topological polar surface area (TPSA) is 29.5 Å². The van der Waals surface area contributed by atoms with Crippen LogP contribution in [0.1, 0.15) is 19.3 Å². The molecule has 1 saturated carbocycles. The zero-order chi connectivity index (χ0) is 7.03. The van der Waals surface area contributed by atoms with Gasteiger partial charge in [-0.15, -0.1) is 0 Å². The van der Waals surface area contributed by atoms with Gasteiger partial charge in [-0.25, -0.2) is 0 Å². The fraction of sp³-hybridized carbons (Fsp3) is 1.00. The molecular formula is C8H14O2. The highest BCUT2D eigenvalue weighted by molar-refractivity contribution is 4.95. The van der Waals surface area contributed by atoms with E-state index in [1.807, 2.05) is 0 Å². The third-order valence-corrected chi connectivity index (χ3v) is 2.89. The van der Waals surface area contributed by atoms with Crippen molar-refractivity contribution in [2.75, 3.05) is 19.8 Å². The number of aliphatic hydroxyl groups is 1. The van der Waals surface area contributed by atoms with E-state index < -0.39 is 0 Å². The number of ether oxygens (including phenoxy) is 1. The Morgan fingerprint density at radius 1 is 1.50 bits per heavy atom. The summed E-state index contributed by atoms with van der Waals surface area (Å²) in [5.74, 6) is 0.778. The largest absolute Gasteiger partial charge is 0.396 e. The molecule has 0 aromatic heterocycles. The maximum absolute atomic E-state index is 9.15. The Morgan fingerprint density at radius 2 is 2.30 bits per heavy atom. The van der Waals surface area contributed by atoms with Gasteiger partial charge >= 0.3 is 0 Å². The molecular weight excluding hydrogens is 128 g/mol. The number of aliphatic hydroxyl groups excluding tert-OH is 1. The summed E-state index contributed by atoms with van der Waals surface area (Å²) in [4.78, 5) is 0. The van der Waals surface area contributed by atoms with Gasteiger partial charge in [-0.05, 0) is 25.2 Å². The van der Waals surface area contributed by atoms with E-state index in [0.29, 0.717) is 6.61 Å². The Labute approximate surface area is 61.2 Å². The summed E-state index contributed by atoms with van der Waals surface area (Å²) >= 11 is 0. The average Bonchev–Trinajstić information content (AvgIpc) is 2.71. The summed E-state index contributed by atoms with van der Waals surface area (Å²) in [6.07, 6.45) is 3.70. The van der Waals surface area contributed by atoms with Crippen LogP contribution in [0.5, 0.6) is 0 Å². The van der Waals surface area contributed by atoms with Crippen molar-refractivity contribution in [1.29, 1.82) is 0 Å². The van der Waals surface area contributed by atoms with Crippen molar-refractivity contribution in [3.63, 3.8) is 0 Å². The highest BCUT2D eigenvalue weighted by Crippen LogP contribution is 2.49. The zero-order valence-corrected chi connectivity index (χ0v) is 6.18. The molecule has 10 heavy (non-hydrogen) atoms. The fourth-order valence-electron chi connectivity index (χ4n) is 1.89. The second-order valence-corrected chi connectivity index (χ2v) is 3.60. The van der Waals surface area contributed by atoms with Crippen LogP contribution < -0.4 is 0 Å². The third-order valence-electron chi connectivity index (χ3n) is 2.89. The van der Waals surface area contributed by atoms with Crippen molar-refractivity contribution in [1.82, 2.24) is 0 Å². The molecule has 2 nitrogen and oxygen atoms in total. The van der Waals surface area contributed by atoms with E-state index in [2.05, 4.69) is 0 Å². The molecule has 0 aromatic rings. The van der Waals surface area contributed by atoms with Crippen LogP contribution in [0, 0.1) is 11.3 Å². The Kier molecular flexibility index (Phi) is 1.46. The molecule has 1 aliphatic heterocycles. The quantitative estimate of drug-likeness (QED) is 0.617. The monoisotopic (exact) mass is 142 g/mol. The average molecular weight is 142 g/mol. The van der Waals surface area contributed by atoms with Crippen LogP contribution in [0.25, 0.3) is 0 Å². The van der Waals surface area contributed by atoms with Crippen LogP contribution in [0.4, 0.5) is 0 Å². The molecule has 1 aliphatic carbocycles. The molecule has 1 unspecified atom stereocenters. The van der Waals surface area contributed by atoms with E-state index in [-0.39, 0.29) is 5.41 Å². The van der Waals surface area contributed by atoms with Crippen LogP contribution in [0.3, 0.4) is 0 Å². The lowest BCUT2D eigenvalue weighted by atomic mass is 9.83. The Morgan fingerprint density at radius 3 is 2.70 bits per heavy atom. The van der Waals surface area contributed by atoms with Gasteiger partial charge in [0.1, 0.15) is 0 Å². The lowest BCUT2D eigenvalue weighted by molar-refractivity contribution is 0.0762. The summed E-state index contributed by atoms with van der Waals surface area (Å²) in [5.41, 5.74) is 0.181. The lowest BCUT2D eigenvalue weighted by Crippen LogP contribution is -2.27. The number of rotatable bonds is 2. The molecule has 2 heteroatoms. The second kappa shape index (κ2) is 2.21. The minimum Gasteiger partial charge on any atom is -0.396 e. The summed E-state index contributed by atoms with van der Waals surface area (Å²) in [6, 6.07) is 0. The standard InChI is InChI=1S/C8H14O2/c9-5-8(7-1-2-7)3-4-10-6-8/h7,9H,1-6H2. The molecule has 2 rings (SSSR count). The molecule has 0 spiro atoms. The van der Waals surface area contributed by atoms with Gasteiger partial charge in [-0.2, -0.15) is 0 Å². The van der Waals surface area contributed by atoms with E-state index in [4.69, 9.17) is 9.84 Å². The molecule has 1 saturated heterocycles. The van der Waals surface area contributed by atoms with Crippen molar-refractivity contribution in [2.45, 2.75) is 19.3 Å². The van der Waals surface area contributed by atoms with Crippen molar-refractivity contribution in [2.24, 2.45) is 11.3 Å². The molecule has 1 atom stereocenters. The van der Waals surface area contributed by atoms with Gasteiger partial charge in [0.2, 0.25) is 0 Å². The summed E-state index contributed by atoms with van der Waals surface area (Å²) in [5, 5.41) is 9.15. The fourth-order valence-corrected chi connectivity index (χ4v) is 1.89. The highest BCUT2D eigenvalue weighted by atomic mass is 16.5. The van der Waals surface area contributed by atoms with E-state index in [1.54, 1.807) is 0 Å². The molecule has 58 valence electrons. The van der Waals surface area contributed by atoms with Gasteiger partial charge in [0, 0.05) is 12.0 Å². The third kappa shape index (κ3) is 0.867. The van der Waals surface area contributed by atoms with Gasteiger partial charge in [0.25, 0.3) is 0 Å². The van der Waals surface area contributed by atoms with E-state index in [0.717, 1.165) is 25.6 Å². The Balaban J connectivity index is 2.04. The van der Waals surface area contributed by atoms with Crippen LogP contribution in [0.15, 0.2) is 0 Å². The summed E-state index contributed by atoms with van der Waals surface area (Å²) in [7, 11) is 0. The van der Waals surface area contributed by atoms with Crippen LogP contribution >= 0.6 is 0 Å². The van der Waals surface area contributed by atoms with E-state index in [9.17, 15) is 0 Å². The minimum atomic E-state index is 0.181. The lowest BCUT2D eigenvalue weighted by Gasteiger charge is -2.23. The zero-order valence-electron chi connectivity index (χ0n) is 6.18. The summed E-state index contributed by atoms with van der Waals surface area (Å²) < 4.78 is 5.29. The van der Waals surface area contributed by atoms with Gasteiger partial charge < -0.3 is 9.84 Å². The molecule has 1 heterocycles. The van der Waals surface area contributed by atoms with Gasteiger partial charge in [-0.3, -0.25) is 0 Å². The molecule has 2 fully saturated rings. The van der Waals surface area contributed by atoms with Crippen molar-refractivity contribution >= 4 is 0 Å². The van der Waals surface area contributed by atoms with Gasteiger partial charge in [-0.1, -0.05) is 0 Å². The number of hydrogen-bond acceptors (Lipinski definition) is 2. The Hall–Kier alpha value is -0.0800. The first-order valence-corrected chi connectivity index (χ1v) is 4.06. The van der Waals surface area contributed by atoms with Gasteiger partial charge in [0.15, 0.2) is 0 Å². The first-order valence-electron chi connectivity index (χ1n) is 4.06. The normalized spacial score (nSPS) is 40.5. The predicted octanol–water partition coefficient (Wildman–Crippen LogP) is 0.795. The first kappa shape index (κ1) is 6.62. The van der Waals surface area contributed by atoms with Crippen molar-refractivity contribution in [3.8, 4) is 0 Å². The summed E-state index contributed by atoms with van der Waals surface area (Å²) in [6.45, 7) is 1.99. The molecule has 0 bridgehead atoms. The maximum Gasteiger partial charge on any atom is 0.0547 e.